The smallest absolute Gasteiger partial charge is 0.107 e. The van der Waals surface area contributed by atoms with Crippen LogP contribution in [0.5, 0.6) is 0 Å². The lowest BCUT2D eigenvalue weighted by Crippen LogP contribution is -2.26. The minimum absolute atomic E-state index is 0.195. The predicted octanol–water partition coefficient (Wildman–Crippen LogP) is 3.58. The first-order valence-electron chi connectivity index (χ1n) is 5.62. The zero-order chi connectivity index (χ0) is 12.2. The van der Waals surface area contributed by atoms with Gasteiger partial charge in [0.2, 0.25) is 0 Å². The van der Waals surface area contributed by atoms with E-state index in [1.165, 1.54) is 0 Å². The van der Waals surface area contributed by atoms with E-state index in [2.05, 4.69) is 36.5 Å². The van der Waals surface area contributed by atoms with Crippen LogP contribution in [0.2, 0.25) is 0 Å². The maximum Gasteiger partial charge on any atom is 0.107 e. The van der Waals surface area contributed by atoms with Crippen molar-refractivity contribution >= 4 is 22.9 Å². The predicted molar refractivity (Wildman–Crippen MR) is 72.3 cm³/mol. The molecule has 1 unspecified atom stereocenters. The van der Waals surface area contributed by atoms with Crippen molar-refractivity contribution in [2.24, 2.45) is 5.41 Å². The van der Waals surface area contributed by atoms with Crippen LogP contribution in [0.1, 0.15) is 37.9 Å². The summed E-state index contributed by atoms with van der Waals surface area (Å²) in [4.78, 5) is 4.40. The first-order valence-corrected chi connectivity index (χ1v) is 6.94. The number of alkyl halides is 1. The summed E-state index contributed by atoms with van der Waals surface area (Å²) in [6.45, 7) is 10.3. The van der Waals surface area contributed by atoms with Crippen molar-refractivity contribution in [3.8, 4) is 0 Å². The highest BCUT2D eigenvalue weighted by Crippen LogP contribution is 2.23. The molecule has 0 amide bonds. The van der Waals surface area contributed by atoms with Gasteiger partial charge in [0.05, 0.1) is 0 Å². The SMILES string of the molecule is Cc1csc(CNCC(Cl)CC(C)(C)C)n1. The second kappa shape index (κ2) is 5.99. The minimum Gasteiger partial charge on any atom is -0.309 e. The zero-order valence-electron chi connectivity index (χ0n) is 10.5. The standard InChI is InChI=1S/C12H21ClN2S/c1-9-8-16-11(15-9)7-14-6-10(13)5-12(2,3)4/h8,10,14H,5-7H2,1-4H3. The van der Waals surface area contributed by atoms with Crippen molar-refractivity contribution < 1.29 is 0 Å². The minimum atomic E-state index is 0.195. The number of nitrogens with zero attached hydrogens (tertiary/aromatic N) is 1. The molecule has 1 aromatic rings. The fraction of sp³-hybridized carbons (Fsp3) is 0.750. The maximum atomic E-state index is 6.26. The van der Waals surface area contributed by atoms with Gasteiger partial charge in [0.15, 0.2) is 0 Å². The van der Waals surface area contributed by atoms with E-state index in [1.54, 1.807) is 11.3 Å². The summed E-state index contributed by atoms with van der Waals surface area (Å²) in [5.74, 6) is 0. The van der Waals surface area contributed by atoms with E-state index in [0.29, 0.717) is 5.41 Å². The van der Waals surface area contributed by atoms with E-state index < -0.39 is 0 Å². The van der Waals surface area contributed by atoms with Crippen LogP contribution in [-0.2, 0) is 6.54 Å². The molecule has 0 saturated carbocycles. The lowest BCUT2D eigenvalue weighted by Gasteiger charge is -2.21. The molecule has 0 aliphatic heterocycles. The molecule has 0 aliphatic carbocycles. The Morgan fingerprint density at radius 2 is 2.19 bits per heavy atom. The Morgan fingerprint density at radius 1 is 1.50 bits per heavy atom. The molecule has 1 rings (SSSR count). The quantitative estimate of drug-likeness (QED) is 0.819. The summed E-state index contributed by atoms with van der Waals surface area (Å²) >= 11 is 7.96. The van der Waals surface area contributed by atoms with E-state index in [-0.39, 0.29) is 5.38 Å². The first-order chi connectivity index (χ1) is 7.37. The molecule has 0 bridgehead atoms. The Morgan fingerprint density at radius 3 is 2.69 bits per heavy atom. The first kappa shape index (κ1) is 13.9. The largest absolute Gasteiger partial charge is 0.309 e. The van der Waals surface area contributed by atoms with E-state index in [4.69, 9.17) is 11.6 Å². The second-order valence-electron chi connectivity index (χ2n) is 5.38. The third-order valence-electron chi connectivity index (χ3n) is 2.14. The molecule has 0 saturated heterocycles. The third-order valence-corrected chi connectivity index (χ3v) is 3.42. The lowest BCUT2D eigenvalue weighted by atomic mass is 9.90. The van der Waals surface area contributed by atoms with E-state index in [0.717, 1.165) is 30.2 Å². The van der Waals surface area contributed by atoms with Crippen LogP contribution in [0, 0.1) is 12.3 Å². The van der Waals surface area contributed by atoms with E-state index in [9.17, 15) is 0 Å². The molecule has 0 fully saturated rings. The van der Waals surface area contributed by atoms with Crippen molar-refractivity contribution in [1.29, 1.82) is 0 Å². The Labute approximate surface area is 107 Å². The van der Waals surface area contributed by atoms with Crippen LogP contribution in [0.4, 0.5) is 0 Å². The van der Waals surface area contributed by atoms with Crippen LogP contribution < -0.4 is 5.32 Å². The van der Waals surface area contributed by atoms with Crippen LogP contribution in [0.15, 0.2) is 5.38 Å². The number of hydrogen-bond donors (Lipinski definition) is 1. The second-order valence-corrected chi connectivity index (χ2v) is 6.94. The monoisotopic (exact) mass is 260 g/mol. The number of halogens is 1. The molecule has 1 atom stereocenters. The summed E-state index contributed by atoms with van der Waals surface area (Å²) < 4.78 is 0. The number of hydrogen-bond acceptors (Lipinski definition) is 3. The van der Waals surface area contributed by atoms with Crippen molar-refractivity contribution in [2.45, 2.75) is 46.0 Å². The molecule has 1 aromatic heterocycles. The molecule has 92 valence electrons. The van der Waals surface area contributed by atoms with E-state index in [1.807, 2.05) is 6.92 Å². The number of rotatable bonds is 5. The summed E-state index contributed by atoms with van der Waals surface area (Å²) in [6, 6.07) is 0. The zero-order valence-corrected chi connectivity index (χ0v) is 12.1. The topological polar surface area (TPSA) is 24.9 Å². The van der Waals surface area contributed by atoms with Crippen LogP contribution in [0.25, 0.3) is 0 Å². The van der Waals surface area contributed by atoms with Crippen molar-refractivity contribution in [1.82, 2.24) is 10.3 Å². The number of aromatic nitrogens is 1. The number of aryl methyl sites for hydroxylation is 1. The number of thiazole rings is 1. The third kappa shape index (κ3) is 5.83. The van der Waals surface area contributed by atoms with Gasteiger partial charge in [0, 0.05) is 29.5 Å². The normalized spacial score (nSPS) is 14.1. The average Bonchev–Trinajstić information content (AvgIpc) is 2.48. The van der Waals surface area contributed by atoms with Gasteiger partial charge in [0.1, 0.15) is 5.01 Å². The molecule has 16 heavy (non-hydrogen) atoms. The highest BCUT2D eigenvalue weighted by atomic mass is 35.5. The molecule has 0 aliphatic rings. The van der Waals surface area contributed by atoms with Gasteiger partial charge in [-0.05, 0) is 18.8 Å². The van der Waals surface area contributed by atoms with Crippen LogP contribution >= 0.6 is 22.9 Å². The Hall–Kier alpha value is -0.120. The molecule has 1 heterocycles. The fourth-order valence-corrected chi connectivity index (χ4v) is 2.87. The molecular formula is C12H21ClN2S. The molecule has 0 spiro atoms. The Balaban J connectivity index is 2.20. The lowest BCUT2D eigenvalue weighted by molar-refractivity contribution is 0.364. The van der Waals surface area contributed by atoms with Gasteiger partial charge in [-0.25, -0.2) is 4.98 Å². The van der Waals surface area contributed by atoms with E-state index >= 15 is 0 Å². The van der Waals surface area contributed by atoms with Crippen molar-refractivity contribution in [3.63, 3.8) is 0 Å². The molecule has 0 radical (unpaired) electrons. The van der Waals surface area contributed by atoms with Gasteiger partial charge in [-0.1, -0.05) is 20.8 Å². The highest BCUT2D eigenvalue weighted by Gasteiger charge is 2.16. The van der Waals surface area contributed by atoms with Gasteiger partial charge < -0.3 is 5.32 Å². The summed E-state index contributed by atoms with van der Waals surface area (Å²) in [6.07, 6.45) is 1.03. The fourth-order valence-electron chi connectivity index (χ4n) is 1.56. The highest BCUT2D eigenvalue weighted by molar-refractivity contribution is 7.09. The van der Waals surface area contributed by atoms with Crippen LogP contribution in [0.3, 0.4) is 0 Å². The van der Waals surface area contributed by atoms with Crippen molar-refractivity contribution in [2.75, 3.05) is 6.54 Å². The van der Waals surface area contributed by atoms with Gasteiger partial charge in [0.25, 0.3) is 0 Å². The number of nitrogens with one attached hydrogen (secondary N) is 1. The van der Waals surface area contributed by atoms with Gasteiger partial charge in [-0.2, -0.15) is 0 Å². The molecule has 4 heteroatoms. The maximum absolute atomic E-state index is 6.26. The summed E-state index contributed by atoms with van der Waals surface area (Å²) in [5, 5.41) is 6.76. The van der Waals surface area contributed by atoms with Gasteiger partial charge >= 0.3 is 0 Å². The Kier molecular flexibility index (Phi) is 5.22. The van der Waals surface area contributed by atoms with Gasteiger partial charge in [-0.3, -0.25) is 0 Å². The Bertz CT molecular complexity index is 317. The molecule has 1 N–H and O–H groups in total. The molecule has 0 aromatic carbocycles. The van der Waals surface area contributed by atoms with Crippen molar-refractivity contribution in [3.05, 3.63) is 16.1 Å². The molecule has 2 nitrogen and oxygen atoms in total. The van der Waals surface area contributed by atoms with Crippen LogP contribution in [-0.4, -0.2) is 16.9 Å². The molecular weight excluding hydrogens is 240 g/mol. The summed E-state index contributed by atoms with van der Waals surface area (Å²) in [5.41, 5.74) is 1.39. The summed E-state index contributed by atoms with van der Waals surface area (Å²) in [7, 11) is 0. The van der Waals surface area contributed by atoms with Gasteiger partial charge in [-0.15, -0.1) is 22.9 Å². The average molecular weight is 261 g/mol.